The monoisotopic (exact) mass is 843 g/mol. The number of aliphatic carboxylic acids is 1. The predicted octanol–water partition coefficient (Wildman–Crippen LogP) is 13.8. The van der Waals surface area contributed by atoms with Gasteiger partial charge >= 0.3 is 17.9 Å². The fraction of sp³-hybridized carbons (Fsp3) is 0.750. The smallest absolute Gasteiger partial charge is 0.362 e. The molecule has 0 saturated heterocycles. The highest BCUT2D eigenvalue weighted by Crippen LogP contribution is 2.14. The Labute approximate surface area is 368 Å². The lowest BCUT2D eigenvalue weighted by Crippen LogP contribution is -2.50. The molecule has 0 radical (unpaired) electrons. The highest BCUT2D eigenvalue weighted by atomic mass is 16.6. The number of allylic oxidation sites excluding steroid dienone is 10. The zero-order valence-corrected chi connectivity index (χ0v) is 39.4. The quantitative estimate of drug-likeness (QED) is 0.0282. The fourth-order valence-electron chi connectivity index (χ4n) is 6.90. The molecule has 0 saturated carbocycles. The van der Waals surface area contributed by atoms with Gasteiger partial charge in [-0.25, -0.2) is 4.79 Å². The Morgan fingerprint density at radius 2 is 0.933 bits per heavy atom. The van der Waals surface area contributed by atoms with Gasteiger partial charge in [-0.15, -0.1) is 0 Å². The second-order valence-corrected chi connectivity index (χ2v) is 17.3. The van der Waals surface area contributed by atoms with Gasteiger partial charge in [0.05, 0.1) is 34.4 Å². The molecule has 0 spiro atoms. The third-order valence-corrected chi connectivity index (χ3v) is 10.7. The molecule has 0 aromatic carbocycles. The Balaban J connectivity index is 4.30. The van der Waals surface area contributed by atoms with Crippen LogP contribution in [0.3, 0.4) is 0 Å². The van der Waals surface area contributed by atoms with E-state index in [0.29, 0.717) is 19.3 Å². The summed E-state index contributed by atoms with van der Waals surface area (Å²) >= 11 is 0. The zero-order chi connectivity index (χ0) is 44.2. The maximum absolute atomic E-state index is 12.8. The third-order valence-electron chi connectivity index (χ3n) is 10.7. The molecule has 0 aliphatic rings. The van der Waals surface area contributed by atoms with Crippen molar-refractivity contribution in [1.82, 2.24) is 0 Å². The molecule has 0 amide bonds. The molecule has 2 unspecified atom stereocenters. The van der Waals surface area contributed by atoms with Gasteiger partial charge in [0.15, 0.2) is 12.1 Å². The zero-order valence-electron chi connectivity index (χ0n) is 39.4. The summed E-state index contributed by atoms with van der Waals surface area (Å²) in [6.07, 6.45) is 52.6. The van der Waals surface area contributed by atoms with Crippen LogP contribution in [0.1, 0.15) is 200 Å². The molecular formula is C52H92NO7+. The molecule has 0 aliphatic heterocycles. The van der Waals surface area contributed by atoms with Crippen molar-refractivity contribution in [3.63, 3.8) is 0 Å². The molecular weight excluding hydrogens is 751 g/mol. The highest BCUT2D eigenvalue weighted by Gasteiger charge is 2.31. The molecule has 0 aromatic rings. The summed E-state index contributed by atoms with van der Waals surface area (Å²) in [6.45, 7) is 4.61. The standard InChI is InChI=1S/C52H91NO7/c1-6-8-10-12-14-16-18-20-22-23-24-25-26-27-29-31-33-35-37-39-41-43-51(55)60-48(46-58-45-44-49(52(56)57)53(3,4)5)47-59-50(54)42-40-38-36-34-32-30-28-21-19-17-15-13-11-9-7-2/h8,10,14,16,20-22,24-25,28,48-49H,6-7,9,11-13,15,17-19,23,26-27,29-47H2,1-5H3/p+1/b10-8-,16-14-,22-20-,25-24-,28-21-. The molecule has 2 atom stereocenters. The summed E-state index contributed by atoms with van der Waals surface area (Å²) in [6, 6.07) is -0.619. The van der Waals surface area contributed by atoms with E-state index < -0.39 is 18.1 Å². The summed E-state index contributed by atoms with van der Waals surface area (Å²) in [5, 5.41) is 9.64. The van der Waals surface area contributed by atoms with Gasteiger partial charge in [-0.05, 0) is 77.0 Å². The number of carbonyl (C=O) groups excluding carboxylic acids is 2. The van der Waals surface area contributed by atoms with Crippen LogP contribution in [0.4, 0.5) is 0 Å². The van der Waals surface area contributed by atoms with Crippen LogP contribution in [0.25, 0.3) is 0 Å². The Hall–Kier alpha value is -2.97. The van der Waals surface area contributed by atoms with Crippen LogP contribution in [0.5, 0.6) is 0 Å². The number of likely N-dealkylation sites (N-methyl/N-ethyl adjacent to an activating group) is 1. The SMILES string of the molecule is CC/C=C\C/C=C\C/C=C\C/C=C\CCCCCCCCCCC(=O)OC(COCCC(C(=O)O)[N+](C)(C)C)COC(=O)CCCCCCC/C=C\CCCCCCCC. The van der Waals surface area contributed by atoms with E-state index in [1.165, 1.54) is 83.5 Å². The van der Waals surface area contributed by atoms with Crippen molar-refractivity contribution in [2.75, 3.05) is 41.0 Å². The van der Waals surface area contributed by atoms with Crippen molar-refractivity contribution in [3.05, 3.63) is 60.8 Å². The first-order valence-electron chi connectivity index (χ1n) is 24.3. The number of unbranched alkanes of at least 4 members (excludes halogenated alkanes) is 19. The van der Waals surface area contributed by atoms with Crippen molar-refractivity contribution in [3.8, 4) is 0 Å². The van der Waals surface area contributed by atoms with Crippen molar-refractivity contribution in [2.45, 2.75) is 212 Å². The van der Waals surface area contributed by atoms with Crippen molar-refractivity contribution in [2.24, 2.45) is 0 Å². The van der Waals surface area contributed by atoms with E-state index in [1.807, 2.05) is 21.1 Å². The van der Waals surface area contributed by atoms with Gasteiger partial charge in [0.25, 0.3) is 0 Å². The molecule has 0 heterocycles. The molecule has 60 heavy (non-hydrogen) atoms. The van der Waals surface area contributed by atoms with E-state index in [1.54, 1.807) is 0 Å². The summed E-state index contributed by atoms with van der Waals surface area (Å²) in [5.74, 6) is -1.49. The lowest BCUT2D eigenvalue weighted by Gasteiger charge is -2.31. The van der Waals surface area contributed by atoms with Crippen LogP contribution in [-0.4, -0.2) is 80.6 Å². The van der Waals surface area contributed by atoms with Gasteiger partial charge < -0.3 is 23.8 Å². The fourth-order valence-corrected chi connectivity index (χ4v) is 6.90. The molecule has 346 valence electrons. The minimum Gasteiger partial charge on any atom is -0.477 e. The molecule has 0 aliphatic carbocycles. The number of quaternary nitrogens is 1. The van der Waals surface area contributed by atoms with Gasteiger partial charge in [0, 0.05) is 19.3 Å². The number of hydrogen-bond acceptors (Lipinski definition) is 6. The summed E-state index contributed by atoms with van der Waals surface area (Å²) in [5.41, 5.74) is 0. The van der Waals surface area contributed by atoms with E-state index in [-0.39, 0.29) is 36.2 Å². The van der Waals surface area contributed by atoms with Gasteiger partial charge in [-0.3, -0.25) is 9.59 Å². The Kier molecular flexibility index (Phi) is 40.6. The average molecular weight is 843 g/mol. The van der Waals surface area contributed by atoms with E-state index >= 15 is 0 Å². The van der Waals surface area contributed by atoms with Crippen LogP contribution in [0, 0.1) is 0 Å². The van der Waals surface area contributed by atoms with Crippen LogP contribution in [0.2, 0.25) is 0 Å². The number of hydrogen-bond donors (Lipinski definition) is 1. The number of nitrogens with zero attached hydrogens (tertiary/aromatic N) is 1. The van der Waals surface area contributed by atoms with Crippen LogP contribution < -0.4 is 0 Å². The summed E-state index contributed by atoms with van der Waals surface area (Å²) in [4.78, 5) is 37.1. The van der Waals surface area contributed by atoms with E-state index in [4.69, 9.17) is 14.2 Å². The summed E-state index contributed by atoms with van der Waals surface area (Å²) < 4.78 is 17.3. The first kappa shape index (κ1) is 57.0. The number of ether oxygens (including phenoxy) is 3. The summed E-state index contributed by atoms with van der Waals surface area (Å²) in [7, 11) is 5.52. The third kappa shape index (κ3) is 40.4. The van der Waals surface area contributed by atoms with Gasteiger partial charge in [0.1, 0.15) is 6.61 Å². The average Bonchev–Trinajstić information content (AvgIpc) is 3.21. The van der Waals surface area contributed by atoms with E-state index in [2.05, 4.69) is 74.6 Å². The normalized spacial score (nSPS) is 13.4. The minimum absolute atomic E-state index is 0.0538. The number of carbonyl (C=O) groups is 3. The van der Waals surface area contributed by atoms with Gasteiger partial charge in [-0.2, -0.15) is 0 Å². The van der Waals surface area contributed by atoms with Crippen LogP contribution in [0.15, 0.2) is 60.8 Å². The Morgan fingerprint density at radius 3 is 1.40 bits per heavy atom. The molecule has 0 aromatic heterocycles. The molecule has 0 rings (SSSR count). The number of esters is 2. The highest BCUT2D eigenvalue weighted by molar-refractivity contribution is 5.72. The topological polar surface area (TPSA) is 99.1 Å². The lowest BCUT2D eigenvalue weighted by atomic mass is 10.1. The minimum atomic E-state index is -0.878. The van der Waals surface area contributed by atoms with Crippen molar-refractivity contribution in [1.29, 1.82) is 0 Å². The largest absolute Gasteiger partial charge is 0.477 e. The lowest BCUT2D eigenvalue weighted by molar-refractivity contribution is -0.887. The molecule has 0 fully saturated rings. The maximum Gasteiger partial charge on any atom is 0.362 e. The maximum atomic E-state index is 12.8. The molecule has 8 nitrogen and oxygen atoms in total. The predicted molar refractivity (Wildman–Crippen MR) is 252 cm³/mol. The van der Waals surface area contributed by atoms with Crippen molar-refractivity contribution < 1.29 is 38.2 Å². The van der Waals surface area contributed by atoms with E-state index in [9.17, 15) is 19.5 Å². The molecule has 0 bridgehead atoms. The van der Waals surface area contributed by atoms with Gasteiger partial charge in [-0.1, -0.05) is 164 Å². The number of carboxylic acids is 1. The Morgan fingerprint density at radius 1 is 0.517 bits per heavy atom. The van der Waals surface area contributed by atoms with Gasteiger partial charge in [0.2, 0.25) is 0 Å². The number of carboxylic acid groups (broad SMARTS) is 1. The second-order valence-electron chi connectivity index (χ2n) is 17.3. The molecule has 8 heteroatoms. The van der Waals surface area contributed by atoms with Crippen molar-refractivity contribution >= 4 is 17.9 Å². The van der Waals surface area contributed by atoms with Crippen LogP contribution in [-0.2, 0) is 28.6 Å². The first-order chi connectivity index (χ1) is 29.1. The Bertz CT molecular complexity index is 1170. The van der Waals surface area contributed by atoms with Crippen LogP contribution >= 0.6 is 0 Å². The van der Waals surface area contributed by atoms with E-state index in [0.717, 1.165) is 83.5 Å². The molecule has 1 N–H and O–H groups in total. The first-order valence-corrected chi connectivity index (χ1v) is 24.3. The number of rotatable bonds is 43. The second kappa shape index (κ2) is 42.7.